The third kappa shape index (κ3) is 5.51. The molecule has 2 nitrogen and oxygen atoms in total. The molecular weight excluding hydrogens is 775 g/mol. The van der Waals surface area contributed by atoms with Crippen LogP contribution in [0.15, 0.2) is 205 Å². The lowest BCUT2D eigenvalue weighted by Crippen LogP contribution is -2.21. The summed E-state index contributed by atoms with van der Waals surface area (Å²) in [5, 5.41) is 2.34. The molecule has 10 aromatic rings. The molecule has 0 saturated heterocycles. The Morgan fingerprint density at radius 2 is 0.875 bits per heavy atom. The Balaban J connectivity index is 0.929. The summed E-state index contributed by atoms with van der Waals surface area (Å²) < 4.78 is 6.57. The molecule has 1 aromatic heterocycles. The topological polar surface area (TPSA) is 16.4 Å². The smallest absolute Gasteiger partial charge is 0.143 e. The number of furan rings is 1. The van der Waals surface area contributed by atoms with Gasteiger partial charge in [-0.3, -0.25) is 0 Å². The third-order valence-electron chi connectivity index (χ3n) is 15.1. The van der Waals surface area contributed by atoms with Gasteiger partial charge in [0.2, 0.25) is 0 Å². The highest BCUT2D eigenvalue weighted by molar-refractivity contribution is 6.09. The van der Waals surface area contributed by atoms with Crippen molar-refractivity contribution in [3.05, 3.63) is 222 Å². The molecule has 2 heteroatoms. The Morgan fingerprint density at radius 1 is 0.375 bits per heavy atom. The SMILES string of the molecule is CC1(C)c2ccccc2-c2ccc(N(c3ccc(-c4ccc(-c5ccccc5)cc4)cc3)c3ccc4c(c3)C3(CCCC3)c3cc(-c5cccc6c5oc5ccccc56)ccc3-4)cc21. The second kappa shape index (κ2) is 14.0. The molecule has 0 amide bonds. The normalized spacial score (nSPS) is 15.0. The summed E-state index contributed by atoms with van der Waals surface area (Å²) in [6.45, 7) is 4.76. The summed E-state index contributed by atoms with van der Waals surface area (Å²) in [7, 11) is 0. The van der Waals surface area contributed by atoms with E-state index < -0.39 is 0 Å². The molecule has 3 aliphatic carbocycles. The molecule has 64 heavy (non-hydrogen) atoms. The molecule has 13 rings (SSSR count). The quantitative estimate of drug-likeness (QED) is 0.166. The van der Waals surface area contributed by atoms with Crippen molar-refractivity contribution in [2.45, 2.75) is 50.4 Å². The molecule has 0 aliphatic heterocycles. The van der Waals surface area contributed by atoms with Crippen molar-refractivity contribution in [1.82, 2.24) is 0 Å². The van der Waals surface area contributed by atoms with Gasteiger partial charge in [-0.1, -0.05) is 178 Å². The van der Waals surface area contributed by atoms with Crippen molar-refractivity contribution in [2.75, 3.05) is 4.90 Å². The van der Waals surface area contributed by atoms with Crippen molar-refractivity contribution in [3.8, 4) is 55.6 Å². The number of para-hydroxylation sites is 2. The average Bonchev–Trinajstić information content (AvgIpc) is 4.11. The lowest BCUT2D eigenvalue weighted by Gasteiger charge is -2.31. The van der Waals surface area contributed by atoms with Gasteiger partial charge in [0.1, 0.15) is 11.2 Å². The van der Waals surface area contributed by atoms with Crippen molar-refractivity contribution in [1.29, 1.82) is 0 Å². The molecule has 0 unspecified atom stereocenters. The van der Waals surface area contributed by atoms with E-state index in [2.05, 4.69) is 219 Å². The van der Waals surface area contributed by atoms with E-state index >= 15 is 0 Å². The van der Waals surface area contributed by atoms with Crippen LogP contribution in [0.1, 0.15) is 61.8 Å². The van der Waals surface area contributed by atoms with E-state index in [0.29, 0.717) is 0 Å². The van der Waals surface area contributed by atoms with Crippen LogP contribution in [0.5, 0.6) is 0 Å². The van der Waals surface area contributed by atoms with E-state index in [-0.39, 0.29) is 10.8 Å². The molecule has 9 aromatic carbocycles. The fraction of sp³-hybridized carbons (Fsp3) is 0.129. The highest BCUT2D eigenvalue weighted by Gasteiger charge is 2.46. The van der Waals surface area contributed by atoms with E-state index in [9.17, 15) is 0 Å². The summed E-state index contributed by atoms with van der Waals surface area (Å²) in [5.41, 5.74) is 23.7. The van der Waals surface area contributed by atoms with Gasteiger partial charge in [0.05, 0.1) is 0 Å². The van der Waals surface area contributed by atoms with Crippen LogP contribution in [0.2, 0.25) is 0 Å². The minimum absolute atomic E-state index is 0.0402. The van der Waals surface area contributed by atoms with Crippen molar-refractivity contribution in [3.63, 3.8) is 0 Å². The second-order valence-corrected chi connectivity index (χ2v) is 18.8. The molecule has 0 bridgehead atoms. The number of rotatable bonds is 6. The molecule has 306 valence electrons. The van der Waals surface area contributed by atoms with Gasteiger partial charge in [0.25, 0.3) is 0 Å². The zero-order valence-corrected chi connectivity index (χ0v) is 36.2. The van der Waals surface area contributed by atoms with Gasteiger partial charge in [-0.25, -0.2) is 0 Å². The maximum absolute atomic E-state index is 6.57. The zero-order valence-electron chi connectivity index (χ0n) is 36.2. The number of hydrogen-bond acceptors (Lipinski definition) is 2. The summed E-state index contributed by atoms with van der Waals surface area (Å²) in [6, 6.07) is 74.4. The van der Waals surface area contributed by atoms with Crippen LogP contribution in [-0.4, -0.2) is 0 Å². The Labute approximate surface area is 375 Å². The molecule has 1 heterocycles. The van der Waals surface area contributed by atoms with Crippen molar-refractivity contribution in [2.24, 2.45) is 0 Å². The zero-order chi connectivity index (χ0) is 42.6. The standard InChI is InChI=1S/C62H47NO/c1-61(2)55-19-8-6-15-49(55)50-33-30-46(38-56(50)61)63(45-28-25-43(26-29-45)42-23-21-41(22-24-42)40-13-4-3-5-14-40)47-31-34-52-51-32-27-44(37-57(51)62(58(52)39-47)35-10-11-36-62)48-17-12-18-54-53-16-7-9-20-59(53)64-60(48)54/h3-9,12-34,37-39H,10-11,35-36H2,1-2H3. The lowest BCUT2D eigenvalue weighted by atomic mass is 9.76. The Morgan fingerprint density at radius 3 is 1.61 bits per heavy atom. The number of fused-ring (bicyclic) bond motifs is 11. The summed E-state index contributed by atoms with van der Waals surface area (Å²) in [5.74, 6) is 0. The molecular formula is C62H47NO. The first-order valence-corrected chi connectivity index (χ1v) is 23.0. The van der Waals surface area contributed by atoms with Crippen LogP contribution in [0.3, 0.4) is 0 Å². The third-order valence-corrected chi connectivity index (χ3v) is 15.1. The monoisotopic (exact) mass is 821 g/mol. The molecule has 3 aliphatic rings. The van der Waals surface area contributed by atoms with Gasteiger partial charge in [0.15, 0.2) is 0 Å². The van der Waals surface area contributed by atoms with E-state index in [4.69, 9.17) is 4.42 Å². The predicted molar refractivity (Wildman–Crippen MR) is 267 cm³/mol. The van der Waals surface area contributed by atoms with Gasteiger partial charge in [0, 0.05) is 44.2 Å². The largest absolute Gasteiger partial charge is 0.455 e. The Bertz CT molecular complexity index is 3460. The highest BCUT2D eigenvalue weighted by atomic mass is 16.3. The van der Waals surface area contributed by atoms with Gasteiger partial charge in [-0.05, 0) is 134 Å². The fourth-order valence-corrected chi connectivity index (χ4v) is 11.8. The molecule has 1 spiro atoms. The maximum Gasteiger partial charge on any atom is 0.143 e. The van der Waals surface area contributed by atoms with Gasteiger partial charge >= 0.3 is 0 Å². The molecule has 1 saturated carbocycles. The van der Waals surface area contributed by atoms with E-state index in [0.717, 1.165) is 35.3 Å². The predicted octanol–water partition coefficient (Wildman–Crippen LogP) is 17.2. The fourth-order valence-electron chi connectivity index (χ4n) is 11.8. The number of hydrogen-bond donors (Lipinski definition) is 0. The first-order chi connectivity index (χ1) is 31.4. The van der Waals surface area contributed by atoms with E-state index in [1.54, 1.807) is 0 Å². The molecule has 1 fully saturated rings. The number of nitrogens with zero attached hydrogens (tertiary/aromatic N) is 1. The van der Waals surface area contributed by atoms with Crippen LogP contribution in [0.4, 0.5) is 17.1 Å². The first-order valence-electron chi connectivity index (χ1n) is 23.0. The van der Waals surface area contributed by atoms with Crippen molar-refractivity contribution >= 4 is 39.0 Å². The number of benzene rings is 9. The minimum atomic E-state index is -0.110. The summed E-state index contributed by atoms with van der Waals surface area (Å²) in [4.78, 5) is 2.50. The van der Waals surface area contributed by atoms with E-state index in [1.807, 2.05) is 0 Å². The van der Waals surface area contributed by atoms with Gasteiger partial charge < -0.3 is 9.32 Å². The molecule has 0 atom stereocenters. The maximum atomic E-state index is 6.57. The van der Waals surface area contributed by atoms with Crippen LogP contribution >= 0.6 is 0 Å². The van der Waals surface area contributed by atoms with Crippen LogP contribution < -0.4 is 4.90 Å². The highest BCUT2D eigenvalue weighted by Crippen LogP contribution is 2.59. The van der Waals surface area contributed by atoms with E-state index in [1.165, 1.54) is 107 Å². The number of anilines is 3. The average molecular weight is 822 g/mol. The minimum Gasteiger partial charge on any atom is -0.455 e. The Kier molecular flexibility index (Phi) is 8.15. The van der Waals surface area contributed by atoms with Crippen LogP contribution in [0.25, 0.3) is 77.6 Å². The van der Waals surface area contributed by atoms with Gasteiger partial charge in [-0.2, -0.15) is 0 Å². The van der Waals surface area contributed by atoms with Crippen LogP contribution in [0, 0.1) is 0 Å². The summed E-state index contributed by atoms with van der Waals surface area (Å²) in [6.07, 6.45) is 4.75. The van der Waals surface area contributed by atoms with Crippen LogP contribution in [-0.2, 0) is 10.8 Å². The van der Waals surface area contributed by atoms with Crippen molar-refractivity contribution < 1.29 is 4.42 Å². The lowest BCUT2D eigenvalue weighted by molar-refractivity contribution is 0.550. The second-order valence-electron chi connectivity index (χ2n) is 18.8. The summed E-state index contributed by atoms with van der Waals surface area (Å²) >= 11 is 0. The molecule has 0 N–H and O–H groups in total. The van der Waals surface area contributed by atoms with Gasteiger partial charge in [-0.15, -0.1) is 0 Å². The molecule has 0 radical (unpaired) electrons. The first kappa shape index (κ1) is 37.2. The Hall–Kier alpha value is -7.42.